The minimum Gasteiger partial charge on any atom is -0.307 e. The first kappa shape index (κ1) is 18.8. The van der Waals surface area contributed by atoms with E-state index in [0.717, 1.165) is 29.8 Å². The van der Waals surface area contributed by atoms with Crippen LogP contribution in [0.1, 0.15) is 57.2 Å². The summed E-state index contributed by atoms with van der Waals surface area (Å²) in [5.74, 6) is 8.44. The lowest BCUT2D eigenvalue weighted by Gasteiger charge is -2.26. The van der Waals surface area contributed by atoms with Gasteiger partial charge in [-0.2, -0.15) is 0 Å². The molecule has 2 fully saturated rings. The van der Waals surface area contributed by atoms with Crippen molar-refractivity contribution in [2.45, 2.75) is 64.0 Å². The molecule has 1 saturated carbocycles. The van der Waals surface area contributed by atoms with Gasteiger partial charge in [0.2, 0.25) is 0 Å². The molecule has 4 nitrogen and oxygen atoms in total. The standard InChI is InChI=1S/C20H29BrN4/c21-18-14-23-20(24-15-18)16-22-19-9-7-17(8-10-19)6-2-5-13-25-11-3-1-4-12-25/h14-15,17,19,22H,1,3-5,7-13,16H2. The van der Waals surface area contributed by atoms with Gasteiger partial charge in [0.1, 0.15) is 5.82 Å². The zero-order valence-electron chi connectivity index (χ0n) is 15.0. The van der Waals surface area contributed by atoms with Gasteiger partial charge in [0.05, 0.1) is 11.0 Å². The molecule has 0 spiro atoms. The van der Waals surface area contributed by atoms with E-state index < -0.39 is 0 Å². The van der Waals surface area contributed by atoms with E-state index in [4.69, 9.17) is 0 Å². The van der Waals surface area contributed by atoms with E-state index >= 15 is 0 Å². The van der Waals surface area contributed by atoms with Crippen molar-refractivity contribution in [3.05, 3.63) is 22.7 Å². The van der Waals surface area contributed by atoms with Crippen molar-refractivity contribution in [2.75, 3.05) is 19.6 Å². The third-order valence-electron chi connectivity index (χ3n) is 5.26. The largest absolute Gasteiger partial charge is 0.307 e. The lowest BCUT2D eigenvalue weighted by molar-refractivity contribution is 0.234. The quantitative estimate of drug-likeness (QED) is 0.758. The second kappa shape index (κ2) is 10.3. The summed E-state index contributed by atoms with van der Waals surface area (Å²) < 4.78 is 0.926. The van der Waals surface area contributed by atoms with Gasteiger partial charge in [0.25, 0.3) is 0 Å². The molecule has 1 aromatic heterocycles. The van der Waals surface area contributed by atoms with Crippen molar-refractivity contribution in [1.82, 2.24) is 20.2 Å². The molecule has 1 N–H and O–H groups in total. The molecule has 25 heavy (non-hydrogen) atoms. The number of nitrogens with one attached hydrogen (secondary N) is 1. The minimum absolute atomic E-state index is 0.582. The topological polar surface area (TPSA) is 41.1 Å². The average Bonchev–Trinajstić information content (AvgIpc) is 2.67. The summed E-state index contributed by atoms with van der Waals surface area (Å²) in [5, 5.41) is 3.59. The molecule has 0 radical (unpaired) electrons. The Morgan fingerprint density at radius 1 is 1.08 bits per heavy atom. The van der Waals surface area contributed by atoms with E-state index in [2.05, 4.69) is 48.0 Å². The number of halogens is 1. The highest BCUT2D eigenvalue weighted by Gasteiger charge is 2.19. The number of hydrogen-bond acceptors (Lipinski definition) is 4. The molecule has 0 bridgehead atoms. The van der Waals surface area contributed by atoms with Gasteiger partial charge >= 0.3 is 0 Å². The van der Waals surface area contributed by atoms with E-state index in [1.165, 1.54) is 58.0 Å². The van der Waals surface area contributed by atoms with Crippen LogP contribution in [0.4, 0.5) is 0 Å². The minimum atomic E-state index is 0.582. The summed E-state index contributed by atoms with van der Waals surface area (Å²) in [4.78, 5) is 11.2. The molecular weight excluding hydrogens is 376 g/mol. The Bertz CT molecular complexity index is 564. The van der Waals surface area contributed by atoms with Crippen molar-refractivity contribution in [3.63, 3.8) is 0 Å². The fourth-order valence-electron chi connectivity index (χ4n) is 3.72. The third-order valence-corrected chi connectivity index (χ3v) is 5.67. The zero-order chi connectivity index (χ0) is 17.3. The first-order valence-electron chi connectivity index (χ1n) is 9.70. The van der Waals surface area contributed by atoms with Crippen molar-refractivity contribution in [1.29, 1.82) is 0 Å². The second-order valence-corrected chi connectivity index (χ2v) is 8.14. The van der Waals surface area contributed by atoms with Gasteiger partial charge in [-0.05, 0) is 67.5 Å². The van der Waals surface area contributed by atoms with Crippen LogP contribution in [-0.4, -0.2) is 40.5 Å². The maximum Gasteiger partial charge on any atom is 0.142 e. The second-order valence-electron chi connectivity index (χ2n) is 7.22. The first-order valence-corrected chi connectivity index (χ1v) is 10.5. The fourth-order valence-corrected chi connectivity index (χ4v) is 3.93. The molecule has 0 aromatic carbocycles. The normalized spacial score (nSPS) is 24.5. The lowest BCUT2D eigenvalue weighted by atomic mass is 9.86. The Morgan fingerprint density at radius 3 is 2.52 bits per heavy atom. The van der Waals surface area contributed by atoms with Gasteiger partial charge in [0.15, 0.2) is 0 Å². The van der Waals surface area contributed by atoms with Crippen LogP contribution in [0.5, 0.6) is 0 Å². The molecule has 1 aliphatic carbocycles. The molecule has 136 valence electrons. The van der Waals surface area contributed by atoms with Crippen LogP contribution in [0.25, 0.3) is 0 Å². The number of aromatic nitrogens is 2. The highest BCUT2D eigenvalue weighted by Crippen LogP contribution is 2.24. The van der Waals surface area contributed by atoms with Gasteiger partial charge in [-0.25, -0.2) is 9.97 Å². The van der Waals surface area contributed by atoms with Crippen LogP contribution in [0.3, 0.4) is 0 Å². The Hall–Kier alpha value is -0.960. The van der Waals surface area contributed by atoms with E-state index in [1.54, 1.807) is 12.4 Å². The summed E-state index contributed by atoms with van der Waals surface area (Å²) >= 11 is 3.37. The molecule has 0 amide bonds. The summed E-state index contributed by atoms with van der Waals surface area (Å²) in [6, 6.07) is 0.582. The van der Waals surface area contributed by atoms with Gasteiger partial charge in [-0.3, -0.25) is 0 Å². The van der Waals surface area contributed by atoms with Crippen LogP contribution in [0.2, 0.25) is 0 Å². The molecule has 2 heterocycles. The van der Waals surface area contributed by atoms with E-state index in [0.29, 0.717) is 12.0 Å². The number of piperidine rings is 1. The summed E-state index contributed by atoms with van der Waals surface area (Å²) in [5.41, 5.74) is 0. The van der Waals surface area contributed by atoms with E-state index in [-0.39, 0.29) is 0 Å². The monoisotopic (exact) mass is 404 g/mol. The number of hydrogen-bond donors (Lipinski definition) is 1. The lowest BCUT2D eigenvalue weighted by Crippen LogP contribution is -2.33. The summed E-state index contributed by atoms with van der Waals surface area (Å²) in [7, 11) is 0. The van der Waals surface area contributed by atoms with Crippen LogP contribution in [0, 0.1) is 17.8 Å². The Kier molecular flexibility index (Phi) is 7.72. The number of nitrogens with zero attached hydrogens (tertiary/aromatic N) is 3. The van der Waals surface area contributed by atoms with E-state index in [9.17, 15) is 0 Å². The highest BCUT2D eigenvalue weighted by molar-refractivity contribution is 9.10. The predicted octanol–water partition coefficient (Wildman–Crippen LogP) is 3.77. The van der Waals surface area contributed by atoms with Gasteiger partial charge in [-0.15, -0.1) is 5.92 Å². The fraction of sp³-hybridized carbons (Fsp3) is 0.700. The van der Waals surface area contributed by atoms with Crippen molar-refractivity contribution in [3.8, 4) is 11.8 Å². The number of rotatable bonds is 5. The summed E-state index contributed by atoms with van der Waals surface area (Å²) in [6.45, 7) is 4.47. The Labute approximate surface area is 160 Å². The van der Waals surface area contributed by atoms with Crippen LogP contribution in [-0.2, 0) is 6.54 Å². The third kappa shape index (κ3) is 6.69. The van der Waals surface area contributed by atoms with Gasteiger partial charge in [-0.1, -0.05) is 12.3 Å². The van der Waals surface area contributed by atoms with Crippen molar-refractivity contribution >= 4 is 15.9 Å². The molecule has 1 saturated heterocycles. The molecule has 0 unspecified atom stereocenters. The van der Waals surface area contributed by atoms with Gasteiger partial charge in [0, 0.05) is 37.3 Å². The maximum atomic E-state index is 4.32. The zero-order valence-corrected chi connectivity index (χ0v) is 16.6. The molecular formula is C20H29BrN4. The van der Waals surface area contributed by atoms with Crippen LogP contribution in [0.15, 0.2) is 16.9 Å². The molecule has 5 heteroatoms. The van der Waals surface area contributed by atoms with E-state index in [1.807, 2.05) is 0 Å². The summed E-state index contributed by atoms with van der Waals surface area (Å²) in [6.07, 6.45) is 13.7. The predicted molar refractivity (Wildman–Crippen MR) is 105 cm³/mol. The van der Waals surface area contributed by atoms with Crippen molar-refractivity contribution < 1.29 is 0 Å². The molecule has 1 aliphatic heterocycles. The molecule has 0 atom stereocenters. The molecule has 2 aliphatic rings. The first-order chi connectivity index (χ1) is 12.3. The van der Waals surface area contributed by atoms with Crippen LogP contribution >= 0.6 is 15.9 Å². The number of likely N-dealkylation sites (tertiary alicyclic amines) is 1. The molecule has 3 rings (SSSR count). The average molecular weight is 405 g/mol. The maximum absolute atomic E-state index is 4.32. The Balaban J connectivity index is 1.30. The molecule has 1 aromatic rings. The smallest absolute Gasteiger partial charge is 0.142 e. The van der Waals surface area contributed by atoms with Crippen LogP contribution < -0.4 is 5.32 Å². The van der Waals surface area contributed by atoms with Gasteiger partial charge < -0.3 is 10.2 Å². The highest BCUT2D eigenvalue weighted by atomic mass is 79.9. The van der Waals surface area contributed by atoms with Crippen molar-refractivity contribution in [2.24, 2.45) is 5.92 Å². The SMILES string of the molecule is Brc1cnc(CNC2CCC(C#CCCN3CCCCC3)CC2)nc1. The Morgan fingerprint density at radius 2 is 1.80 bits per heavy atom.